The zero-order valence-electron chi connectivity index (χ0n) is 11.3. The summed E-state index contributed by atoms with van der Waals surface area (Å²) in [4.78, 5) is 8.51. The van der Waals surface area contributed by atoms with E-state index in [0.717, 1.165) is 23.6 Å². The van der Waals surface area contributed by atoms with Crippen LogP contribution in [0.25, 0.3) is 0 Å². The summed E-state index contributed by atoms with van der Waals surface area (Å²) in [7, 11) is 0. The molecule has 0 fully saturated rings. The lowest BCUT2D eigenvalue weighted by Crippen LogP contribution is -2.18. The fraction of sp³-hybridized carbons (Fsp3) is 0.667. The van der Waals surface area contributed by atoms with Gasteiger partial charge in [0.2, 0.25) is 0 Å². The van der Waals surface area contributed by atoms with Crippen LogP contribution in [0.15, 0.2) is 0 Å². The lowest BCUT2D eigenvalue weighted by Gasteiger charge is -2.11. The number of nitrogens with zero attached hydrogens (tertiary/aromatic N) is 2. The van der Waals surface area contributed by atoms with Crippen molar-refractivity contribution in [2.45, 2.75) is 33.4 Å². The maximum absolute atomic E-state index is 11.9. The average Bonchev–Trinajstić information content (AvgIpc) is 2.30. The Balaban J connectivity index is 2.59. The Bertz CT molecular complexity index is 421. The molecule has 1 heterocycles. The molecule has 0 unspecified atom stereocenters. The SMILES string of the molecule is CCNc1nc(CCOCC(F)(F)F)nc(C)c1C. The van der Waals surface area contributed by atoms with Crippen LogP contribution >= 0.6 is 0 Å². The number of alkyl halides is 3. The van der Waals surface area contributed by atoms with E-state index < -0.39 is 12.8 Å². The first-order valence-corrected chi connectivity index (χ1v) is 6.06. The summed E-state index contributed by atoms with van der Waals surface area (Å²) in [5.74, 6) is 1.21. The highest BCUT2D eigenvalue weighted by molar-refractivity contribution is 5.45. The first-order valence-electron chi connectivity index (χ1n) is 6.06. The minimum Gasteiger partial charge on any atom is -0.372 e. The van der Waals surface area contributed by atoms with Crippen molar-refractivity contribution in [2.75, 3.05) is 25.1 Å². The van der Waals surface area contributed by atoms with E-state index in [4.69, 9.17) is 0 Å². The van der Waals surface area contributed by atoms with Gasteiger partial charge in [0.25, 0.3) is 0 Å². The summed E-state index contributed by atoms with van der Waals surface area (Å²) in [5, 5.41) is 3.10. The molecule has 1 aromatic rings. The van der Waals surface area contributed by atoms with Crippen LogP contribution in [0.5, 0.6) is 0 Å². The lowest BCUT2D eigenvalue weighted by molar-refractivity contribution is -0.173. The van der Waals surface area contributed by atoms with Gasteiger partial charge in [-0.25, -0.2) is 9.97 Å². The van der Waals surface area contributed by atoms with E-state index >= 15 is 0 Å². The van der Waals surface area contributed by atoms with Crippen LogP contribution in [0.4, 0.5) is 19.0 Å². The maximum Gasteiger partial charge on any atom is 0.411 e. The Morgan fingerprint density at radius 1 is 1.21 bits per heavy atom. The Kier molecular flexibility index (Phi) is 5.53. The molecule has 0 saturated carbocycles. The molecule has 19 heavy (non-hydrogen) atoms. The average molecular weight is 277 g/mol. The van der Waals surface area contributed by atoms with Gasteiger partial charge in [-0.3, -0.25) is 0 Å². The number of ether oxygens (including phenoxy) is 1. The van der Waals surface area contributed by atoms with Gasteiger partial charge in [0.1, 0.15) is 18.2 Å². The molecule has 0 radical (unpaired) electrons. The molecule has 0 amide bonds. The van der Waals surface area contributed by atoms with Crippen molar-refractivity contribution >= 4 is 5.82 Å². The molecule has 0 aliphatic heterocycles. The van der Waals surface area contributed by atoms with Crippen LogP contribution < -0.4 is 5.32 Å². The molecular formula is C12H18F3N3O. The summed E-state index contributed by atoms with van der Waals surface area (Å²) in [6.45, 7) is 5.13. The van der Waals surface area contributed by atoms with E-state index in [0.29, 0.717) is 5.82 Å². The van der Waals surface area contributed by atoms with Crippen molar-refractivity contribution in [1.82, 2.24) is 9.97 Å². The van der Waals surface area contributed by atoms with Gasteiger partial charge in [-0.2, -0.15) is 13.2 Å². The number of hydrogen-bond acceptors (Lipinski definition) is 4. The summed E-state index contributed by atoms with van der Waals surface area (Å²) in [5.41, 5.74) is 1.76. The highest BCUT2D eigenvalue weighted by Gasteiger charge is 2.27. The minimum absolute atomic E-state index is 0.0480. The second-order valence-corrected chi connectivity index (χ2v) is 4.15. The van der Waals surface area contributed by atoms with E-state index in [1.165, 1.54) is 0 Å². The topological polar surface area (TPSA) is 47.0 Å². The van der Waals surface area contributed by atoms with Crippen molar-refractivity contribution < 1.29 is 17.9 Å². The predicted molar refractivity (Wildman–Crippen MR) is 66.2 cm³/mol. The minimum atomic E-state index is -4.29. The number of rotatable bonds is 6. The number of hydrogen-bond donors (Lipinski definition) is 1. The fourth-order valence-corrected chi connectivity index (χ4v) is 1.49. The van der Waals surface area contributed by atoms with Crippen molar-refractivity contribution in [2.24, 2.45) is 0 Å². The standard InChI is InChI=1S/C12H18F3N3O/c1-4-16-11-8(2)9(3)17-10(18-11)5-6-19-7-12(13,14)15/h4-7H2,1-3H3,(H,16,17,18). The second-order valence-electron chi connectivity index (χ2n) is 4.15. The molecule has 4 nitrogen and oxygen atoms in total. The molecular weight excluding hydrogens is 259 g/mol. The third-order valence-electron chi connectivity index (χ3n) is 2.52. The normalized spacial score (nSPS) is 11.7. The molecule has 1 rings (SSSR count). The smallest absolute Gasteiger partial charge is 0.372 e. The van der Waals surface area contributed by atoms with Gasteiger partial charge < -0.3 is 10.1 Å². The van der Waals surface area contributed by atoms with E-state index in [9.17, 15) is 13.2 Å². The van der Waals surface area contributed by atoms with Gasteiger partial charge in [0, 0.05) is 24.2 Å². The summed E-state index contributed by atoms with van der Waals surface area (Å²) < 4.78 is 40.2. The van der Waals surface area contributed by atoms with Gasteiger partial charge in [-0.1, -0.05) is 0 Å². The monoisotopic (exact) mass is 277 g/mol. The van der Waals surface area contributed by atoms with Crippen LogP contribution in [0, 0.1) is 13.8 Å². The summed E-state index contributed by atoms with van der Waals surface area (Å²) in [6, 6.07) is 0. The van der Waals surface area contributed by atoms with Gasteiger partial charge in [0.05, 0.1) is 6.61 Å². The van der Waals surface area contributed by atoms with Crippen LogP contribution in [0.2, 0.25) is 0 Å². The van der Waals surface area contributed by atoms with Gasteiger partial charge >= 0.3 is 6.18 Å². The zero-order valence-corrected chi connectivity index (χ0v) is 11.3. The molecule has 0 bridgehead atoms. The van der Waals surface area contributed by atoms with E-state index in [-0.39, 0.29) is 13.0 Å². The molecule has 1 aromatic heterocycles. The Morgan fingerprint density at radius 2 is 1.89 bits per heavy atom. The predicted octanol–water partition coefficient (Wildman–Crippen LogP) is 2.65. The molecule has 0 spiro atoms. The molecule has 0 aromatic carbocycles. The molecule has 0 aliphatic carbocycles. The lowest BCUT2D eigenvalue weighted by atomic mass is 10.2. The second kappa shape index (κ2) is 6.70. The Hall–Kier alpha value is -1.37. The van der Waals surface area contributed by atoms with E-state index in [1.54, 1.807) is 0 Å². The summed E-state index contributed by atoms with van der Waals surface area (Å²) >= 11 is 0. The third-order valence-corrected chi connectivity index (χ3v) is 2.52. The highest BCUT2D eigenvalue weighted by Crippen LogP contribution is 2.16. The van der Waals surface area contributed by atoms with Crippen LogP contribution in [0.3, 0.4) is 0 Å². The number of nitrogens with one attached hydrogen (secondary N) is 1. The van der Waals surface area contributed by atoms with Crippen molar-refractivity contribution in [1.29, 1.82) is 0 Å². The number of halogens is 3. The molecule has 1 N–H and O–H groups in total. The highest BCUT2D eigenvalue weighted by atomic mass is 19.4. The number of anilines is 1. The molecule has 0 atom stereocenters. The number of aromatic nitrogens is 2. The van der Waals surface area contributed by atoms with Crippen molar-refractivity contribution in [3.63, 3.8) is 0 Å². The fourth-order valence-electron chi connectivity index (χ4n) is 1.49. The molecule has 108 valence electrons. The summed E-state index contributed by atoms with van der Waals surface area (Å²) in [6.07, 6.45) is -4.03. The van der Waals surface area contributed by atoms with Gasteiger partial charge in [0.15, 0.2) is 0 Å². The first-order chi connectivity index (χ1) is 8.83. The van der Waals surface area contributed by atoms with Crippen molar-refractivity contribution in [3.8, 4) is 0 Å². The van der Waals surface area contributed by atoms with Crippen LogP contribution in [-0.2, 0) is 11.2 Å². The first kappa shape index (κ1) is 15.7. The van der Waals surface area contributed by atoms with Crippen LogP contribution in [0.1, 0.15) is 24.0 Å². The molecule has 7 heteroatoms. The Labute approximate surface area is 110 Å². The van der Waals surface area contributed by atoms with Crippen molar-refractivity contribution in [3.05, 3.63) is 17.1 Å². The molecule has 0 saturated heterocycles. The third kappa shape index (κ3) is 5.42. The maximum atomic E-state index is 11.9. The van der Waals surface area contributed by atoms with Gasteiger partial charge in [-0.15, -0.1) is 0 Å². The van der Waals surface area contributed by atoms with Gasteiger partial charge in [-0.05, 0) is 20.8 Å². The van der Waals surface area contributed by atoms with E-state index in [1.807, 2.05) is 20.8 Å². The quantitative estimate of drug-likeness (QED) is 0.812. The van der Waals surface area contributed by atoms with E-state index in [2.05, 4.69) is 20.0 Å². The number of aryl methyl sites for hydroxylation is 1. The Morgan fingerprint density at radius 3 is 2.47 bits per heavy atom. The largest absolute Gasteiger partial charge is 0.411 e. The zero-order chi connectivity index (χ0) is 14.5. The van der Waals surface area contributed by atoms with Crippen LogP contribution in [-0.4, -0.2) is 35.9 Å². The molecule has 0 aliphatic rings.